The van der Waals surface area contributed by atoms with Crippen LogP contribution < -0.4 is 5.32 Å². The van der Waals surface area contributed by atoms with Gasteiger partial charge in [-0.3, -0.25) is 0 Å². The average molecular weight is 275 g/mol. The van der Waals surface area contributed by atoms with Crippen molar-refractivity contribution in [1.82, 2.24) is 14.9 Å². The molecule has 3 nitrogen and oxygen atoms in total. The first kappa shape index (κ1) is 12.9. The number of nitrogens with one attached hydrogen (secondary N) is 1. The number of aromatic nitrogens is 2. The molecular weight excluding hydrogens is 254 g/mol. The van der Waals surface area contributed by atoms with Crippen LogP contribution in [0.25, 0.3) is 0 Å². The SMILES string of the molecule is Cc1ccsc1Cn1cncc1C1(C)CCNCC1. The van der Waals surface area contributed by atoms with Crippen LogP contribution in [0.5, 0.6) is 0 Å². The molecule has 3 heterocycles. The van der Waals surface area contributed by atoms with Gasteiger partial charge in [0.15, 0.2) is 0 Å². The minimum Gasteiger partial charge on any atom is -0.329 e. The lowest BCUT2D eigenvalue weighted by Gasteiger charge is -2.34. The van der Waals surface area contributed by atoms with Gasteiger partial charge in [-0.15, -0.1) is 11.3 Å². The monoisotopic (exact) mass is 275 g/mol. The van der Waals surface area contributed by atoms with E-state index in [9.17, 15) is 0 Å². The van der Waals surface area contributed by atoms with Gasteiger partial charge in [0, 0.05) is 22.2 Å². The van der Waals surface area contributed by atoms with E-state index in [2.05, 4.69) is 46.4 Å². The van der Waals surface area contributed by atoms with E-state index in [1.807, 2.05) is 17.7 Å². The number of imidazole rings is 1. The Bertz CT molecular complexity index is 549. The van der Waals surface area contributed by atoms with Crippen molar-refractivity contribution in [3.8, 4) is 0 Å². The Kier molecular flexibility index (Phi) is 3.46. The van der Waals surface area contributed by atoms with E-state index in [1.165, 1.54) is 29.0 Å². The predicted molar refractivity (Wildman–Crippen MR) is 79.8 cm³/mol. The molecule has 0 aliphatic carbocycles. The molecule has 0 unspecified atom stereocenters. The first-order valence-electron chi connectivity index (χ1n) is 6.93. The number of thiophene rings is 1. The molecule has 102 valence electrons. The van der Waals surface area contributed by atoms with Gasteiger partial charge in [0.05, 0.1) is 12.9 Å². The average Bonchev–Trinajstić information content (AvgIpc) is 3.01. The maximum atomic E-state index is 4.40. The van der Waals surface area contributed by atoms with Gasteiger partial charge in [-0.25, -0.2) is 4.98 Å². The molecule has 1 fully saturated rings. The van der Waals surface area contributed by atoms with Gasteiger partial charge >= 0.3 is 0 Å². The van der Waals surface area contributed by atoms with E-state index < -0.39 is 0 Å². The van der Waals surface area contributed by atoms with Gasteiger partial charge in [0.25, 0.3) is 0 Å². The van der Waals surface area contributed by atoms with Crippen molar-refractivity contribution < 1.29 is 0 Å². The molecule has 19 heavy (non-hydrogen) atoms. The Balaban J connectivity index is 1.88. The van der Waals surface area contributed by atoms with Crippen molar-refractivity contribution in [3.05, 3.63) is 40.1 Å². The van der Waals surface area contributed by atoms with E-state index in [4.69, 9.17) is 0 Å². The topological polar surface area (TPSA) is 29.9 Å². The fourth-order valence-electron chi connectivity index (χ4n) is 2.90. The summed E-state index contributed by atoms with van der Waals surface area (Å²) in [5, 5.41) is 5.62. The first-order valence-corrected chi connectivity index (χ1v) is 7.81. The predicted octanol–water partition coefficient (Wildman–Crippen LogP) is 2.94. The molecule has 1 aliphatic heterocycles. The minimum absolute atomic E-state index is 0.271. The molecule has 0 bridgehead atoms. The third-order valence-corrected chi connectivity index (χ3v) is 5.33. The lowest BCUT2D eigenvalue weighted by Crippen LogP contribution is -2.39. The van der Waals surface area contributed by atoms with Crippen LogP contribution in [-0.2, 0) is 12.0 Å². The number of rotatable bonds is 3. The largest absolute Gasteiger partial charge is 0.329 e. The lowest BCUT2D eigenvalue weighted by molar-refractivity contribution is 0.319. The summed E-state index contributed by atoms with van der Waals surface area (Å²) in [6.45, 7) is 7.75. The third kappa shape index (κ3) is 2.47. The van der Waals surface area contributed by atoms with Crippen LogP contribution in [0.1, 0.15) is 35.9 Å². The summed E-state index contributed by atoms with van der Waals surface area (Å²) in [6, 6.07) is 2.20. The second-order valence-electron chi connectivity index (χ2n) is 5.74. The summed E-state index contributed by atoms with van der Waals surface area (Å²) in [5.41, 5.74) is 3.05. The molecule has 0 spiro atoms. The highest BCUT2D eigenvalue weighted by Crippen LogP contribution is 2.33. The van der Waals surface area contributed by atoms with E-state index in [1.54, 1.807) is 0 Å². The molecule has 1 saturated heterocycles. The second-order valence-corrected chi connectivity index (χ2v) is 6.74. The summed E-state index contributed by atoms with van der Waals surface area (Å²) < 4.78 is 2.34. The van der Waals surface area contributed by atoms with Crippen molar-refractivity contribution in [3.63, 3.8) is 0 Å². The van der Waals surface area contributed by atoms with Gasteiger partial charge in [-0.05, 0) is 49.9 Å². The molecule has 2 aromatic rings. The highest BCUT2D eigenvalue weighted by Gasteiger charge is 2.31. The van der Waals surface area contributed by atoms with Crippen LogP contribution in [0.2, 0.25) is 0 Å². The Morgan fingerprint density at radius 1 is 1.42 bits per heavy atom. The smallest absolute Gasteiger partial charge is 0.0951 e. The highest BCUT2D eigenvalue weighted by molar-refractivity contribution is 7.10. The molecule has 0 saturated carbocycles. The molecule has 1 N–H and O–H groups in total. The number of piperidine rings is 1. The third-order valence-electron chi connectivity index (χ3n) is 4.32. The van der Waals surface area contributed by atoms with Crippen LogP contribution in [0.15, 0.2) is 24.0 Å². The van der Waals surface area contributed by atoms with Gasteiger partial charge in [-0.2, -0.15) is 0 Å². The van der Waals surface area contributed by atoms with Gasteiger partial charge in [0.2, 0.25) is 0 Å². The Morgan fingerprint density at radius 2 is 2.21 bits per heavy atom. The van der Waals surface area contributed by atoms with E-state index in [0.29, 0.717) is 0 Å². The van der Waals surface area contributed by atoms with Crippen molar-refractivity contribution in [2.24, 2.45) is 0 Å². The van der Waals surface area contributed by atoms with Gasteiger partial charge in [0.1, 0.15) is 0 Å². The molecule has 2 aromatic heterocycles. The van der Waals surface area contributed by atoms with Gasteiger partial charge in [-0.1, -0.05) is 6.92 Å². The minimum atomic E-state index is 0.271. The first-order chi connectivity index (χ1) is 9.19. The standard InChI is InChI=1S/C15H21N3S/c1-12-3-8-19-13(12)10-18-11-17-9-14(18)15(2)4-6-16-7-5-15/h3,8-9,11,16H,4-7,10H2,1-2H3. The Labute approximate surface area is 118 Å². The zero-order valence-corrected chi connectivity index (χ0v) is 12.5. The molecule has 4 heteroatoms. The molecule has 0 aromatic carbocycles. The molecule has 1 aliphatic rings. The maximum absolute atomic E-state index is 4.40. The molecule has 0 amide bonds. The normalized spacial score (nSPS) is 18.6. The van der Waals surface area contributed by atoms with E-state index >= 15 is 0 Å². The van der Waals surface area contributed by atoms with Crippen molar-refractivity contribution in [2.45, 2.75) is 38.6 Å². The lowest BCUT2D eigenvalue weighted by atomic mass is 9.78. The van der Waals surface area contributed by atoms with Crippen LogP contribution in [0.3, 0.4) is 0 Å². The van der Waals surface area contributed by atoms with E-state index in [0.717, 1.165) is 19.6 Å². The summed E-state index contributed by atoms with van der Waals surface area (Å²) in [6.07, 6.45) is 6.44. The number of hydrogen-bond donors (Lipinski definition) is 1. The van der Waals surface area contributed by atoms with Crippen LogP contribution in [0.4, 0.5) is 0 Å². The fraction of sp³-hybridized carbons (Fsp3) is 0.533. The zero-order chi connectivity index (χ0) is 13.3. The summed E-state index contributed by atoms with van der Waals surface area (Å²) in [5.74, 6) is 0. The quantitative estimate of drug-likeness (QED) is 0.933. The van der Waals surface area contributed by atoms with Gasteiger partial charge < -0.3 is 9.88 Å². The Morgan fingerprint density at radius 3 is 2.89 bits per heavy atom. The highest BCUT2D eigenvalue weighted by atomic mass is 32.1. The van der Waals surface area contributed by atoms with Crippen LogP contribution in [0, 0.1) is 6.92 Å². The van der Waals surface area contributed by atoms with Crippen molar-refractivity contribution >= 4 is 11.3 Å². The number of aryl methyl sites for hydroxylation is 1. The van der Waals surface area contributed by atoms with Crippen LogP contribution in [-0.4, -0.2) is 22.6 Å². The number of nitrogens with zero attached hydrogens (tertiary/aromatic N) is 2. The molecule has 0 atom stereocenters. The maximum Gasteiger partial charge on any atom is 0.0951 e. The summed E-state index contributed by atoms with van der Waals surface area (Å²) >= 11 is 1.84. The molecule has 3 rings (SSSR count). The van der Waals surface area contributed by atoms with Crippen molar-refractivity contribution in [2.75, 3.05) is 13.1 Å². The molecule has 0 radical (unpaired) electrons. The Hall–Kier alpha value is -1.13. The zero-order valence-electron chi connectivity index (χ0n) is 11.6. The van der Waals surface area contributed by atoms with Crippen molar-refractivity contribution in [1.29, 1.82) is 0 Å². The number of hydrogen-bond acceptors (Lipinski definition) is 3. The fourth-order valence-corrected chi connectivity index (χ4v) is 3.81. The summed E-state index contributed by atoms with van der Waals surface area (Å²) in [4.78, 5) is 5.84. The second kappa shape index (κ2) is 5.10. The summed E-state index contributed by atoms with van der Waals surface area (Å²) in [7, 11) is 0. The van der Waals surface area contributed by atoms with Crippen LogP contribution >= 0.6 is 11.3 Å². The molecular formula is C15H21N3S. The van der Waals surface area contributed by atoms with E-state index in [-0.39, 0.29) is 5.41 Å².